The van der Waals surface area contributed by atoms with Gasteiger partial charge in [-0.05, 0) is 31.4 Å². The Kier molecular flexibility index (Phi) is 6.99. The highest BCUT2D eigenvalue weighted by Crippen LogP contribution is 2.14. The Hall–Kier alpha value is -2.37. The number of amides is 3. The first-order valence-corrected chi connectivity index (χ1v) is 9.61. The number of hydrogen-bond acceptors (Lipinski definition) is 3. The summed E-state index contributed by atoms with van der Waals surface area (Å²) in [6.45, 7) is 9.09. The van der Waals surface area contributed by atoms with Gasteiger partial charge >= 0.3 is 0 Å². The van der Waals surface area contributed by atoms with Crippen molar-refractivity contribution in [2.75, 3.05) is 19.6 Å². The van der Waals surface area contributed by atoms with E-state index in [0.29, 0.717) is 31.6 Å². The number of hydrogen-bond donors (Lipinski definition) is 2. The van der Waals surface area contributed by atoms with Gasteiger partial charge in [-0.2, -0.15) is 0 Å². The summed E-state index contributed by atoms with van der Waals surface area (Å²) in [5, 5.41) is 5.88. The molecule has 0 unspecified atom stereocenters. The number of nitrogens with one attached hydrogen (secondary N) is 2. The maximum atomic E-state index is 12.4. The average molecular weight is 373 g/mol. The fourth-order valence-electron chi connectivity index (χ4n) is 3.07. The van der Waals surface area contributed by atoms with E-state index in [2.05, 4.69) is 10.6 Å². The molecule has 148 valence electrons. The highest BCUT2D eigenvalue weighted by Gasteiger charge is 2.25. The molecule has 1 aliphatic rings. The second-order valence-corrected chi connectivity index (χ2v) is 8.20. The fourth-order valence-corrected chi connectivity index (χ4v) is 3.07. The summed E-state index contributed by atoms with van der Waals surface area (Å²) in [7, 11) is 0. The maximum Gasteiger partial charge on any atom is 0.251 e. The monoisotopic (exact) mass is 373 g/mol. The molecule has 0 aromatic heterocycles. The second-order valence-electron chi connectivity index (χ2n) is 8.20. The van der Waals surface area contributed by atoms with E-state index in [9.17, 15) is 14.4 Å². The van der Waals surface area contributed by atoms with Crippen molar-refractivity contribution < 1.29 is 14.4 Å². The van der Waals surface area contributed by atoms with Gasteiger partial charge in [0.15, 0.2) is 0 Å². The molecule has 1 aromatic carbocycles. The van der Waals surface area contributed by atoms with E-state index >= 15 is 0 Å². The molecule has 0 aliphatic carbocycles. The van der Waals surface area contributed by atoms with Crippen LogP contribution in [0.3, 0.4) is 0 Å². The lowest BCUT2D eigenvalue weighted by Gasteiger charge is -2.32. The van der Waals surface area contributed by atoms with Gasteiger partial charge in [0.05, 0.1) is 0 Å². The predicted octanol–water partition coefficient (Wildman–Crippen LogP) is 2.27. The quantitative estimate of drug-likeness (QED) is 0.831. The summed E-state index contributed by atoms with van der Waals surface area (Å²) >= 11 is 0. The molecule has 2 N–H and O–H groups in total. The lowest BCUT2D eigenvalue weighted by Crippen LogP contribution is -2.47. The summed E-state index contributed by atoms with van der Waals surface area (Å²) in [5.74, 6) is -0.0522. The average Bonchev–Trinajstić information content (AvgIpc) is 2.61. The number of carbonyl (C=O) groups is 3. The summed E-state index contributed by atoms with van der Waals surface area (Å²) in [4.78, 5) is 38.4. The third-order valence-corrected chi connectivity index (χ3v) is 4.88. The number of piperidine rings is 1. The molecule has 1 aromatic rings. The number of aryl methyl sites for hydroxylation is 1. The predicted molar refractivity (Wildman–Crippen MR) is 105 cm³/mol. The van der Waals surface area contributed by atoms with Gasteiger partial charge in [0.1, 0.15) is 0 Å². The van der Waals surface area contributed by atoms with Crippen LogP contribution < -0.4 is 10.6 Å². The van der Waals surface area contributed by atoms with Gasteiger partial charge in [0.25, 0.3) is 5.91 Å². The molecule has 0 bridgehead atoms. The summed E-state index contributed by atoms with van der Waals surface area (Å²) in [6, 6.07) is 7.62. The molecule has 3 amide bonds. The Bertz CT molecular complexity index is 686. The fraction of sp³-hybridized carbons (Fsp3) is 0.571. The van der Waals surface area contributed by atoms with Crippen molar-refractivity contribution in [3.8, 4) is 0 Å². The lowest BCUT2D eigenvalue weighted by atomic mass is 9.96. The molecule has 0 spiro atoms. The molecule has 6 nitrogen and oxygen atoms in total. The first-order valence-electron chi connectivity index (χ1n) is 9.61. The van der Waals surface area contributed by atoms with Crippen molar-refractivity contribution >= 4 is 17.7 Å². The topological polar surface area (TPSA) is 78.5 Å². The van der Waals surface area contributed by atoms with E-state index in [1.807, 2.05) is 56.9 Å². The van der Waals surface area contributed by atoms with Crippen molar-refractivity contribution in [1.29, 1.82) is 0 Å². The van der Waals surface area contributed by atoms with Gasteiger partial charge in [-0.15, -0.1) is 0 Å². The molecule has 0 saturated carbocycles. The SMILES string of the molecule is Cc1ccccc1C(=O)NC1CCN(C(=O)CCNC(=O)C(C)(C)C)CC1. The summed E-state index contributed by atoms with van der Waals surface area (Å²) in [6.07, 6.45) is 1.80. The molecule has 1 fully saturated rings. The highest BCUT2D eigenvalue weighted by atomic mass is 16.2. The molecule has 1 saturated heterocycles. The zero-order chi connectivity index (χ0) is 20.0. The van der Waals surface area contributed by atoms with Crippen molar-refractivity contribution in [2.24, 2.45) is 5.41 Å². The van der Waals surface area contributed by atoms with Crippen molar-refractivity contribution in [3.63, 3.8) is 0 Å². The summed E-state index contributed by atoms with van der Waals surface area (Å²) < 4.78 is 0. The standard InChI is InChI=1S/C21H31N3O3/c1-15-7-5-6-8-17(15)19(26)23-16-10-13-24(14-11-16)18(25)9-12-22-20(27)21(2,3)4/h5-8,16H,9-14H2,1-4H3,(H,22,27)(H,23,26). The minimum atomic E-state index is -0.448. The molecule has 0 atom stereocenters. The molecule has 0 radical (unpaired) electrons. The number of carbonyl (C=O) groups excluding carboxylic acids is 3. The molecule has 1 aliphatic heterocycles. The minimum absolute atomic E-state index is 0.0482. The number of benzene rings is 1. The Labute approximate surface area is 161 Å². The van der Waals surface area contributed by atoms with Gasteiger partial charge < -0.3 is 15.5 Å². The molecule has 6 heteroatoms. The smallest absolute Gasteiger partial charge is 0.251 e. The van der Waals surface area contributed by atoms with Crippen molar-refractivity contribution in [1.82, 2.24) is 15.5 Å². The third kappa shape index (κ3) is 6.08. The van der Waals surface area contributed by atoms with Crippen molar-refractivity contribution in [2.45, 2.75) is 53.0 Å². The van der Waals surface area contributed by atoms with Crippen LogP contribution in [-0.2, 0) is 9.59 Å². The summed E-state index contributed by atoms with van der Waals surface area (Å²) in [5.41, 5.74) is 1.21. The van der Waals surface area contributed by atoms with Gasteiger partial charge in [0.2, 0.25) is 11.8 Å². The van der Waals surface area contributed by atoms with Crippen LogP contribution in [0.15, 0.2) is 24.3 Å². The van der Waals surface area contributed by atoms with Crippen molar-refractivity contribution in [3.05, 3.63) is 35.4 Å². The Balaban J connectivity index is 1.73. The number of likely N-dealkylation sites (tertiary alicyclic amines) is 1. The van der Waals surface area contributed by atoms with Gasteiger partial charge in [0, 0.05) is 43.1 Å². The Morgan fingerprint density at radius 2 is 1.74 bits per heavy atom. The van der Waals surface area contributed by atoms with Crippen LogP contribution in [0.25, 0.3) is 0 Å². The second kappa shape index (κ2) is 9.02. The molecular formula is C21H31N3O3. The zero-order valence-electron chi connectivity index (χ0n) is 16.8. The lowest BCUT2D eigenvalue weighted by molar-refractivity contribution is -0.132. The number of nitrogens with zero attached hydrogens (tertiary/aromatic N) is 1. The van der Waals surface area contributed by atoms with Gasteiger partial charge in [-0.25, -0.2) is 0 Å². The van der Waals surface area contributed by atoms with Crippen LogP contribution in [0.1, 0.15) is 56.0 Å². The maximum absolute atomic E-state index is 12.4. The molecular weight excluding hydrogens is 342 g/mol. The van der Waals surface area contributed by atoms with Crippen LogP contribution in [0.4, 0.5) is 0 Å². The largest absolute Gasteiger partial charge is 0.355 e. The molecule has 1 heterocycles. The normalized spacial score (nSPS) is 15.3. The first kappa shape index (κ1) is 20.9. The van der Waals surface area contributed by atoms with Crippen LogP contribution in [0, 0.1) is 12.3 Å². The van der Waals surface area contributed by atoms with E-state index in [1.165, 1.54) is 0 Å². The first-order chi connectivity index (χ1) is 12.7. The van der Waals surface area contributed by atoms with Crippen LogP contribution in [-0.4, -0.2) is 48.3 Å². The van der Waals surface area contributed by atoms with Crippen LogP contribution >= 0.6 is 0 Å². The van der Waals surface area contributed by atoms with Gasteiger partial charge in [-0.3, -0.25) is 14.4 Å². The zero-order valence-corrected chi connectivity index (χ0v) is 16.8. The minimum Gasteiger partial charge on any atom is -0.355 e. The Morgan fingerprint density at radius 3 is 2.33 bits per heavy atom. The van der Waals surface area contributed by atoms with E-state index in [0.717, 1.165) is 18.4 Å². The van der Waals surface area contributed by atoms with E-state index in [-0.39, 0.29) is 23.8 Å². The van der Waals surface area contributed by atoms with Crippen LogP contribution in [0.2, 0.25) is 0 Å². The van der Waals surface area contributed by atoms with E-state index in [4.69, 9.17) is 0 Å². The number of rotatable bonds is 5. The molecule has 2 rings (SSSR count). The molecule has 27 heavy (non-hydrogen) atoms. The van der Waals surface area contributed by atoms with Gasteiger partial charge in [-0.1, -0.05) is 39.0 Å². The van der Waals surface area contributed by atoms with E-state index in [1.54, 1.807) is 0 Å². The highest BCUT2D eigenvalue weighted by molar-refractivity contribution is 5.95. The Morgan fingerprint density at radius 1 is 1.11 bits per heavy atom. The van der Waals surface area contributed by atoms with Crippen LogP contribution in [0.5, 0.6) is 0 Å². The van der Waals surface area contributed by atoms with E-state index < -0.39 is 5.41 Å². The third-order valence-electron chi connectivity index (χ3n) is 4.88.